The van der Waals surface area contributed by atoms with Gasteiger partial charge < -0.3 is 29.8 Å². The van der Waals surface area contributed by atoms with E-state index < -0.39 is 17.8 Å². The minimum Gasteiger partial charge on any atom is -0.443 e. The molecule has 0 radical (unpaired) electrons. The molecule has 0 saturated heterocycles. The average molecular weight is 582 g/mol. The number of aliphatic hydroxyl groups excluding tert-OH is 1. The Hall–Kier alpha value is -3.97. The maximum Gasteiger partial charge on any atom is 0.415 e. The zero-order chi connectivity index (χ0) is 30.2. The highest BCUT2D eigenvalue weighted by atomic mass is 16.6. The number of ether oxygens (including phenoxy) is 2. The minimum absolute atomic E-state index is 0.0451. The summed E-state index contributed by atoms with van der Waals surface area (Å²) in [6.07, 6.45) is 6.53. The molecule has 226 valence electrons. The normalized spacial score (nSPS) is 22.3. The monoisotopic (exact) mass is 581 g/mol. The van der Waals surface area contributed by atoms with Gasteiger partial charge in [0.15, 0.2) is 5.65 Å². The summed E-state index contributed by atoms with van der Waals surface area (Å²) in [6, 6.07) is 4.57. The number of nitrogens with one attached hydrogen (secondary N) is 2. The maximum atomic E-state index is 13.4. The van der Waals surface area contributed by atoms with E-state index in [0.717, 1.165) is 19.3 Å². The van der Waals surface area contributed by atoms with Crippen molar-refractivity contribution in [3.05, 3.63) is 46.5 Å². The molecule has 1 unspecified atom stereocenters. The van der Waals surface area contributed by atoms with E-state index in [0.29, 0.717) is 19.3 Å². The molecule has 13 heteroatoms. The number of hydrogen-bond acceptors (Lipinski definition) is 9. The van der Waals surface area contributed by atoms with Crippen LogP contribution in [0, 0.1) is 0 Å². The number of anilines is 3. The SMILES string of the molecule is CO[C@@H]1CCC(NC(=O)c2cnn3c(N(C)C(=O)OC(C)(C)C)cc(Nc4cccn([C@@H]5CCC[C@@H]5O)c4=O)nc23)C1. The molecule has 3 aromatic rings. The number of aliphatic hydroxyl groups is 1. The summed E-state index contributed by atoms with van der Waals surface area (Å²) < 4.78 is 13.9. The Kier molecular flexibility index (Phi) is 8.24. The molecule has 0 aromatic carbocycles. The fourth-order valence-corrected chi connectivity index (χ4v) is 5.63. The summed E-state index contributed by atoms with van der Waals surface area (Å²) in [6.45, 7) is 5.30. The van der Waals surface area contributed by atoms with Gasteiger partial charge in [0, 0.05) is 32.5 Å². The number of nitrogens with zero attached hydrogens (tertiary/aromatic N) is 5. The maximum absolute atomic E-state index is 13.4. The lowest BCUT2D eigenvalue weighted by Gasteiger charge is -2.25. The van der Waals surface area contributed by atoms with Crippen molar-refractivity contribution in [2.45, 2.75) is 89.2 Å². The summed E-state index contributed by atoms with van der Waals surface area (Å²) in [5.74, 6) is 0.155. The van der Waals surface area contributed by atoms with Crippen LogP contribution in [0.5, 0.6) is 0 Å². The van der Waals surface area contributed by atoms with Crippen LogP contribution in [0.15, 0.2) is 35.4 Å². The molecule has 3 aromatic heterocycles. The van der Waals surface area contributed by atoms with Gasteiger partial charge in [-0.05, 0) is 71.4 Å². The van der Waals surface area contributed by atoms with E-state index in [2.05, 4.69) is 20.7 Å². The van der Waals surface area contributed by atoms with E-state index in [-0.39, 0.29) is 58.2 Å². The molecular weight excluding hydrogens is 542 g/mol. The van der Waals surface area contributed by atoms with E-state index in [4.69, 9.17) is 9.47 Å². The molecule has 2 amide bonds. The standard InChI is InChI=1S/C29H39N7O6/c1-29(2,3)42-28(40)34(4)24-15-23(32-20-8-7-13-35(27(20)39)21-9-6-10-22(21)37)33-25-19(16-30-36(24)25)26(38)31-17-11-12-18(14-17)41-5/h7-8,13,15-18,21-22,37H,6,9-12,14H2,1-5H3,(H,31,38)(H,32,33)/t17?,18-,21-,22+/m1/s1. The number of amides is 2. The van der Waals surface area contributed by atoms with Gasteiger partial charge >= 0.3 is 6.09 Å². The fraction of sp³-hybridized carbons (Fsp3) is 0.552. The number of methoxy groups -OCH3 is 1. The third-order valence-corrected chi connectivity index (χ3v) is 7.80. The Morgan fingerprint density at radius 2 is 1.98 bits per heavy atom. The quantitative estimate of drug-likeness (QED) is 0.381. The first-order chi connectivity index (χ1) is 19.9. The van der Waals surface area contributed by atoms with Crippen LogP contribution in [0.2, 0.25) is 0 Å². The highest BCUT2D eigenvalue weighted by Gasteiger charge is 2.30. The second kappa shape index (κ2) is 11.7. The molecule has 0 spiro atoms. The number of rotatable bonds is 7. The van der Waals surface area contributed by atoms with Gasteiger partial charge in [-0.25, -0.2) is 9.78 Å². The van der Waals surface area contributed by atoms with Crippen LogP contribution >= 0.6 is 0 Å². The van der Waals surface area contributed by atoms with Crippen molar-refractivity contribution in [2.24, 2.45) is 0 Å². The second-order valence-corrected chi connectivity index (χ2v) is 12.0. The Labute approximate surface area is 243 Å². The van der Waals surface area contributed by atoms with Gasteiger partial charge in [-0.3, -0.25) is 14.5 Å². The number of aromatic nitrogens is 4. The molecule has 2 aliphatic carbocycles. The van der Waals surface area contributed by atoms with Gasteiger partial charge in [-0.2, -0.15) is 9.61 Å². The predicted molar refractivity (Wildman–Crippen MR) is 156 cm³/mol. The Balaban J connectivity index is 1.52. The zero-order valence-electron chi connectivity index (χ0n) is 24.7. The van der Waals surface area contributed by atoms with Crippen LogP contribution in [0.25, 0.3) is 5.65 Å². The van der Waals surface area contributed by atoms with Crippen molar-refractivity contribution >= 4 is 35.0 Å². The molecule has 2 fully saturated rings. The largest absolute Gasteiger partial charge is 0.443 e. The van der Waals surface area contributed by atoms with Crippen LogP contribution in [-0.4, -0.2) is 74.3 Å². The topological polar surface area (TPSA) is 152 Å². The van der Waals surface area contributed by atoms with Crippen molar-refractivity contribution in [1.82, 2.24) is 24.5 Å². The number of hydrogen-bond donors (Lipinski definition) is 3. The first kappa shape index (κ1) is 29.5. The third-order valence-electron chi connectivity index (χ3n) is 7.80. The number of carbonyl (C=O) groups is 2. The Morgan fingerprint density at radius 1 is 1.19 bits per heavy atom. The molecule has 13 nitrogen and oxygen atoms in total. The summed E-state index contributed by atoms with van der Waals surface area (Å²) in [5.41, 5.74) is -0.395. The van der Waals surface area contributed by atoms with Crippen LogP contribution in [-0.2, 0) is 9.47 Å². The van der Waals surface area contributed by atoms with E-state index >= 15 is 0 Å². The average Bonchev–Trinajstić information content (AvgIpc) is 3.68. The summed E-state index contributed by atoms with van der Waals surface area (Å²) >= 11 is 0. The predicted octanol–water partition coefficient (Wildman–Crippen LogP) is 3.39. The summed E-state index contributed by atoms with van der Waals surface area (Å²) in [4.78, 5) is 45.7. The minimum atomic E-state index is -0.741. The molecule has 5 rings (SSSR count). The van der Waals surface area contributed by atoms with Crippen molar-refractivity contribution in [2.75, 3.05) is 24.4 Å². The molecule has 0 bridgehead atoms. The molecule has 2 saturated carbocycles. The van der Waals surface area contributed by atoms with Crippen LogP contribution in [0.1, 0.15) is 75.7 Å². The Bertz CT molecular complexity index is 1530. The fourth-order valence-electron chi connectivity index (χ4n) is 5.63. The highest BCUT2D eigenvalue weighted by Crippen LogP contribution is 2.30. The second-order valence-electron chi connectivity index (χ2n) is 12.0. The number of fused-ring (bicyclic) bond motifs is 1. The van der Waals surface area contributed by atoms with Gasteiger partial charge in [0.05, 0.1) is 24.4 Å². The van der Waals surface area contributed by atoms with Crippen molar-refractivity contribution in [3.63, 3.8) is 0 Å². The van der Waals surface area contributed by atoms with Crippen LogP contribution in [0.3, 0.4) is 0 Å². The lowest BCUT2D eigenvalue weighted by molar-refractivity contribution is 0.0587. The number of carbonyl (C=O) groups excluding carboxylic acids is 2. The molecule has 2 aliphatic rings. The van der Waals surface area contributed by atoms with Gasteiger partial charge in [0.2, 0.25) is 0 Å². The van der Waals surface area contributed by atoms with E-state index in [9.17, 15) is 19.5 Å². The van der Waals surface area contributed by atoms with E-state index in [1.807, 2.05) is 0 Å². The van der Waals surface area contributed by atoms with Crippen molar-refractivity contribution in [3.8, 4) is 0 Å². The van der Waals surface area contributed by atoms with E-state index in [1.165, 1.54) is 22.7 Å². The lowest BCUT2D eigenvalue weighted by atomic mass is 10.2. The molecule has 4 atom stereocenters. The molecule has 3 heterocycles. The first-order valence-electron chi connectivity index (χ1n) is 14.3. The van der Waals surface area contributed by atoms with Gasteiger partial charge in [-0.1, -0.05) is 0 Å². The smallest absolute Gasteiger partial charge is 0.415 e. The summed E-state index contributed by atoms with van der Waals surface area (Å²) in [5, 5.41) is 20.9. The van der Waals surface area contributed by atoms with Crippen LogP contribution < -0.4 is 21.1 Å². The highest BCUT2D eigenvalue weighted by molar-refractivity contribution is 6.00. The van der Waals surface area contributed by atoms with Crippen molar-refractivity contribution in [1.29, 1.82) is 0 Å². The molecule has 3 N–H and O–H groups in total. The first-order valence-corrected chi connectivity index (χ1v) is 14.3. The van der Waals surface area contributed by atoms with Gasteiger partial charge in [0.1, 0.15) is 28.5 Å². The molecular formula is C29H39N7O6. The summed E-state index contributed by atoms with van der Waals surface area (Å²) in [7, 11) is 3.20. The van der Waals surface area contributed by atoms with Gasteiger partial charge in [0.25, 0.3) is 11.5 Å². The lowest BCUT2D eigenvalue weighted by Crippen LogP contribution is -2.35. The van der Waals surface area contributed by atoms with Crippen molar-refractivity contribution < 1.29 is 24.2 Å². The zero-order valence-corrected chi connectivity index (χ0v) is 24.7. The molecule has 0 aliphatic heterocycles. The van der Waals surface area contributed by atoms with E-state index in [1.54, 1.807) is 56.8 Å². The Morgan fingerprint density at radius 3 is 2.64 bits per heavy atom. The van der Waals surface area contributed by atoms with Crippen LogP contribution in [0.4, 0.5) is 22.1 Å². The number of pyridine rings is 1. The molecule has 42 heavy (non-hydrogen) atoms. The van der Waals surface area contributed by atoms with Gasteiger partial charge in [-0.15, -0.1) is 0 Å². The third kappa shape index (κ3) is 6.12.